The zero-order valence-electron chi connectivity index (χ0n) is 17.1. The summed E-state index contributed by atoms with van der Waals surface area (Å²) in [6.45, 7) is -0.281. The molecule has 1 saturated heterocycles. The molecule has 1 fully saturated rings. The van der Waals surface area contributed by atoms with Crippen molar-refractivity contribution in [2.75, 3.05) is 5.32 Å². The van der Waals surface area contributed by atoms with E-state index in [-0.39, 0.29) is 11.4 Å². The highest BCUT2D eigenvalue weighted by molar-refractivity contribution is 8.00. The average molecular weight is 535 g/mol. The molecule has 2 aliphatic rings. The summed E-state index contributed by atoms with van der Waals surface area (Å²) < 4.78 is 1.30. The Kier molecular flexibility index (Phi) is 5.84. The molecule has 5 amide bonds. The number of thiophene rings is 1. The number of thiazole rings is 1. The van der Waals surface area contributed by atoms with Crippen LogP contribution in [0.1, 0.15) is 15.7 Å². The summed E-state index contributed by atoms with van der Waals surface area (Å²) >= 11 is 9.21. The number of rotatable bonds is 4. The molecule has 4 heterocycles. The van der Waals surface area contributed by atoms with Gasteiger partial charge in [-0.25, -0.2) is 4.79 Å². The van der Waals surface area contributed by atoms with E-state index in [9.17, 15) is 24.0 Å². The third-order valence-electron chi connectivity index (χ3n) is 5.55. The van der Waals surface area contributed by atoms with Crippen LogP contribution < -0.4 is 15.9 Å². The van der Waals surface area contributed by atoms with Crippen LogP contribution in [0.2, 0.25) is 5.02 Å². The minimum Gasteiger partial charge on any atom is -0.351 e. The Bertz CT molecular complexity index is 1380. The first-order valence-electron chi connectivity index (χ1n) is 9.92. The second-order valence-electron chi connectivity index (χ2n) is 7.59. The number of imide groups is 3. The molecule has 174 valence electrons. The van der Waals surface area contributed by atoms with Crippen LogP contribution in [-0.4, -0.2) is 38.5 Å². The summed E-state index contributed by atoms with van der Waals surface area (Å²) in [5, 5.41) is 4.57. The maximum atomic E-state index is 13.0. The predicted molar refractivity (Wildman–Crippen MR) is 129 cm³/mol. The van der Waals surface area contributed by atoms with Crippen LogP contribution in [-0.2, 0) is 20.9 Å². The number of hydrogen-bond donors (Lipinski definition) is 2. The molecule has 0 radical (unpaired) electrons. The summed E-state index contributed by atoms with van der Waals surface area (Å²) in [5.74, 6) is -3.29. The van der Waals surface area contributed by atoms with Crippen LogP contribution in [0.25, 0.3) is 0 Å². The number of carbonyl (C=O) groups is 4. The van der Waals surface area contributed by atoms with E-state index in [2.05, 4.69) is 5.32 Å². The number of amides is 5. The highest BCUT2D eigenvalue weighted by Gasteiger charge is 2.58. The summed E-state index contributed by atoms with van der Waals surface area (Å²) in [4.78, 5) is 64.9. The van der Waals surface area contributed by atoms with E-state index in [1.807, 2.05) is 17.5 Å². The molecule has 1 aromatic carbocycles. The van der Waals surface area contributed by atoms with Gasteiger partial charge in [-0.05, 0) is 35.7 Å². The highest BCUT2D eigenvalue weighted by atomic mass is 35.5. The lowest BCUT2D eigenvalue weighted by Gasteiger charge is -2.29. The number of primary amides is 1. The van der Waals surface area contributed by atoms with E-state index < -0.39 is 40.8 Å². The van der Waals surface area contributed by atoms with Crippen LogP contribution in [0.4, 0.5) is 10.5 Å². The van der Waals surface area contributed by atoms with Gasteiger partial charge < -0.3 is 11.1 Å². The Labute approximate surface area is 209 Å². The van der Waals surface area contributed by atoms with Crippen molar-refractivity contribution in [3.8, 4) is 0 Å². The van der Waals surface area contributed by atoms with Gasteiger partial charge in [0.15, 0.2) is 0 Å². The Hall–Kier alpha value is -2.93. The van der Waals surface area contributed by atoms with Crippen LogP contribution >= 0.6 is 46.0 Å². The molecule has 0 aliphatic carbocycles. The van der Waals surface area contributed by atoms with E-state index in [1.54, 1.807) is 24.3 Å². The number of benzene rings is 1. The molecule has 0 saturated carbocycles. The van der Waals surface area contributed by atoms with Crippen molar-refractivity contribution in [1.82, 2.24) is 9.47 Å². The molecule has 3 atom stereocenters. The maximum Gasteiger partial charge on any atom is 0.328 e. The fourth-order valence-electron chi connectivity index (χ4n) is 4.12. The molecule has 0 unspecified atom stereocenters. The summed E-state index contributed by atoms with van der Waals surface area (Å²) in [5.41, 5.74) is 5.82. The van der Waals surface area contributed by atoms with Gasteiger partial charge in [0.2, 0.25) is 11.8 Å². The van der Waals surface area contributed by atoms with Crippen LogP contribution in [0.15, 0.2) is 51.6 Å². The normalized spacial score (nSPS) is 21.3. The Morgan fingerprint density at radius 3 is 2.47 bits per heavy atom. The first-order chi connectivity index (χ1) is 16.3. The topological polar surface area (TPSA) is 132 Å². The smallest absolute Gasteiger partial charge is 0.328 e. The third-order valence-corrected chi connectivity index (χ3v) is 9.36. The molecule has 0 bridgehead atoms. The standard InChI is InChI=1S/C21H15ClN4O5S3/c22-9-3-5-10(6-4-9)24-12(27)8-25-19-16(34-21(25)31)13(11-2-1-7-32-11)14-15(33-19)18(29)26(17(14)28)20(23)30/h1-7,13-15H,8H2,(H2,23,30)(H,24,27)/t13-,14+,15-/m0/s1. The number of thioether (sulfide) groups is 1. The largest absolute Gasteiger partial charge is 0.351 e. The predicted octanol–water partition coefficient (Wildman–Crippen LogP) is 2.93. The number of urea groups is 1. The molecule has 3 aromatic rings. The zero-order chi connectivity index (χ0) is 24.1. The van der Waals surface area contributed by atoms with E-state index in [0.717, 1.165) is 28.0 Å². The number of halogens is 1. The first-order valence-corrected chi connectivity index (χ1v) is 12.9. The number of fused-ring (bicyclic) bond motifs is 2. The van der Waals surface area contributed by atoms with Crippen LogP contribution in [0.3, 0.4) is 0 Å². The summed E-state index contributed by atoms with van der Waals surface area (Å²) in [7, 11) is 0. The quantitative estimate of drug-likeness (QED) is 0.495. The number of nitrogens with two attached hydrogens (primary N) is 1. The fourth-order valence-corrected chi connectivity index (χ4v) is 7.97. The van der Waals surface area contributed by atoms with Gasteiger partial charge in [0.25, 0.3) is 5.91 Å². The van der Waals surface area contributed by atoms with E-state index >= 15 is 0 Å². The van der Waals surface area contributed by atoms with Gasteiger partial charge in [0.1, 0.15) is 11.8 Å². The number of aromatic nitrogens is 1. The van der Waals surface area contributed by atoms with Gasteiger partial charge in [-0.15, -0.1) is 11.3 Å². The van der Waals surface area contributed by atoms with Crippen molar-refractivity contribution in [1.29, 1.82) is 0 Å². The number of hydrogen-bond acceptors (Lipinski definition) is 8. The van der Waals surface area contributed by atoms with Gasteiger partial charge in [-0.3, -0.25) is 23.7 Å². The molecular weight excluding hydrogens is 520 g/mol. The van der Waals surface area contributed by atoms with Crippen molar-refractivity contribution >= 4 is 75.5 Å². The van der Waals surface area contributed by atoms with Gasteiger partial charge in [0.05, 0.1) is 10.9 Å². The molecule has 2 aromatic heterocycles. The SMILES string of the molecule is NC(=O)N1C(=O)[C@@H]2[C@H](c3cccs3)c3sc(=O)n(CC(=O)Nc4ccc(Cl)cc4)c3S[C@@H]2C1=O. The maximum absolute atomic E-state index is 13.0. The minimum atomic E-state index is -1.13. The Morgan fingerprint density at radius 1 is 1.09 bits per heavy atom. The summed E-state index contributed by atoms with van der Waals surface area (Å²) in [6, 6.07) is 9.04. The number of likely N-dealkylation sites (tertiary alicyclic amines) is 1. The van der Waals surface area contributed by atoms with Crippen molar-refractivity contribution in [3.05, 3.63) is 66.2 Å². The molecule has 9 nitrogen and oxygen atoms in total. The fraction of sp³-hybridized carbons (Fsp3) is 0.190. The van der Waals surface area contributed by atoms with E-state index in [1.165, 1.54) is 15.9 Å². The van der Waals surface area contributed by atoms with Gasteiger partial charge in [-0.1, -0.05) is 40.8 Å². The first kappa shape index (κ1) is 22.8. The lowest BCUT2D eigenvalue weighted by molar-refractivity contribution is -0.135. The van der Waals surface area contributed by atoms with E-state index in [4.69, 9.17) is 17.3 Å². The molecule has 3 N–H and O–H groups in total. The Balaban J connectivity index is 1.53. The highest BCUT2D eigenvalue weighted by Crippen LogP contribution is 2.53. The van der Waals surface area contributed by atoms with Crippen LogP contribution in [0, 0.1) is 5.92 Å². The third kappa shape index (κ3) is 3.76. The number of carbonyl (C=O) groups excluding carboxylic acids is 4. The van der Waals surface area contributed by atoms with Gasteiger partial charge in [0, 0.05) is 26.4 Å². The van der Waals surface area contributed by atoms with Crippen molar-refractivity contribution in [3.63, 3.8) is 0 Å². The van der Waals surface area contributed by atoms with Crippen molar-refractivity contribution < 1.29 is 19.2 Å². The lowest BCUT2D eigenvalue weighted by Crippen LogP contribution is -2.41. The number of nitrogens with zero attached hydrogens (tertiary/aromatic N) is 2. The number of nitrogens with one attached hydrogen (secondary N) is 1. The molecular formula is C21H15ClN4O5S3. The van der Waals surface area contributed by atoms with Crippen LogP contribution in [0.5, 0.6) is 0 Å². The molecule has 13 heteroatoms. The number of anilines is 1. The second kappa shape index (κ2) is 8.69. The van der Waals surface area contributed by atoms with Crippen molar-refractivity contribution in [2.45, 2.75) is 22.7 Å². The molecule has 5 rings (SSSR count). The molecule has 0 spiro atoms. The average Bonchev–Trinajstić information content (AvgIpc) is 3.48. The van der Waals surface area contributed by atoms with Gasteiger partial charge in [-0.2, -0.15) is 4.90 Å². The Morgan fingerprint density at radius 2 is 1.82 bits per heavy atom. The van der Waals surface area contributed by atoms with Gasteiger partial charge >= 0.3 is 10.9 Å². The lowest BCUT2D eigenvalue weighted by atomic mass is 9.87. The monoisotopic (exact) mass is 534 g/mol. The second-order valence-corrected chi connectivity index (χ2v) is 11.1. The van der Waals surface area contributed by atoms with E-state index in [0.29, 0.717) is 25.5 Å². The zero-order valence-corrected chi connectivity index (χ0v) is 20.3. The molecule has 2 aliphatic heterocycles. The molecule has 34 heavy (non-hydrogen) atoms. The minimum absolute atomic E-state index is 0.281. The van der Waals surface area contributed by atoms with Crippen molar-refractivity contribution in [2.24, 2.45) is 11.7 Å². The summed E-state index contributed by atoms with van der Waals surface area (Å²) in [6.07, 6.45) is 0.